The van der Waals surface area contributed by atoms with Crippen molar-refractivity contribution in [3.05, 3.63) is 58.9 Å². The molecule has 27 heavy (non-hydrogen) atoms. The molecule has 142 valence electrons. The van der Waals surface area contributed by atoms with E-state index in [4.69, 9.17) is 9.26 Å². The molecule has 0 aliphatic carbocycles. The highest BCUT2D eigenvalue weighted by Crippen LogP contribution is 2.21. The van der Waals surface area contributed by atoms with Gasteiger partial charge in [-0.1, -0.05) is 24.2 Å². The van der Waals surface area contributed by atoms with Crippen molar-refractivity contribution in [2.24, 2.45) is 0 Å². The fraction of sp³-hybridized carbons (Fsp3) is 0.316. The lowest BCUT2D eigenvalue weighted by atomic mass is 10.2. The van der Waals surface area contributed by atoms with Crippen molar-refractivity contribution < 1.29 is 18.4 Å². The predicted octanol–water partition coefficient (Wildman–Crippen LogP) is 3.87. The Hall–Kier alpha value is -3.16. The van der Waals surface area contributed by atoms with E-state index >= 15 is 0 Å². The Morgan fingerprint density at radius 1 is 1.33 bits per heavy atom. The summed E-state index contributed by atoms with van der Waals surface area (Å²) in [5, 5.41) is 10.9. The average molecular weight is 372 g/mol. The number of aryl methyl sites for hydroxylation is 3. The van der Waals surface area contributed by atoms with Gasteiger partial charge in [0.15, 0.2) is 23.1 Å². The van der Waals surface area contributed by atoms with Crippen LogP contribution in [0.2, 0.25) is 0 Å². The molecular formula is C19H21FN4O3. The Bertz CT molecular complexity index is 948. The molecule has 2 heterocycles. The third-order valence-electron chi connectivity index (χ3n) is 4.07. The van der Waals surface area contributed by atoms with E-state index in [1.165, 1.54) is 12.1 Å². The number of para-hydroxylation sites is 1. The van der Waals surface area contributed by atoms with Crippen LogP contribution in [-0.2, 0) is 13.2 Å². The van der Waals surface area contributed by atoms with Crippen molar-refractivity contribution in [3.63, 3.8) is 0 Å². The first kappa shape index (κ1) is 18.6. The van der Waals surface area contributed by atoms with Gasteiger partial charge >= 0.3 is 0 Å². The molecule has 3 rings (SSSR count). The first-order valence-corrected chi connectivity index (χ1v) is 8.68. The van der Waals surface area contributed by atoms with Gasteiger partial charge in [-0.2, -0.15) is 5.10 Å². The quantitative estimate of drug-likeness (QED) is 0.681. The van der Waals surface area contributed by atoms with Crippen LogP contribution in [0.1, 0.15) is 40.9 Å². The van der Waals surface area contributed by atoms with E-state index < -0.39 is 11.7 Å². The van der Waals surface area contributed by atoms with Crippen LogP contribution in [-0.4, -0.2) is 20.8 Å². The summed E-state index contributed by atoms with van der Waals surface area (Å²) < 4.78 is 26.2. The molecule has 1 aromatic carbocycles. The van der Waals surface area contributed by atoms with Crippen LogP contribution in [0, 0.1) is 19.7 Å². The molecular weight excluding hydrogens is 351 g/mol. The van der Waals surface area contributed by atoms with Gasteiger partial charge in [0.05, 0.1) is 5.56 Å². The topological polar surface area (TPSA) is 82.2 Å². The van der Waals surface area contributed by atoms with E-state index in [1.54, 1.807) is 25.1 Å². The number of anilines is 1. The highest BCUT2D eigenvalue weighted by Gasteiger charge is 2.22. The fourth-order valence-corrected chi connectivity index (χ4v) is 2.64. The van der Waals surface area contributed by atoms with E-state index in [9.17, 15) is 9.18 Å². The van der Waals surface area contributed by atoms with Gasteiger partial charge in [-0.15, -0.1) is 0 Å². The van der Waals surface area contributed by atoms with Crippen LogP contribution in [0.15, 0.2) is 34.9 Å². The number of benzene rings is 1. The largest absolute Gasteiger partial charge is 0.486 e. The van der Waals surface area contributed by atoms with Crippen molar-refractivity contribution >= 4 is 11.7 Å². The molecule has 0 aliphatic heterocycles. The zero-order valence-corrected chi connectivity index (χ0v) is 15.5. The number of hydrogen-bond acceptors (Lipinski definition) is 5. The summed E-state index contributed by atoms with van der Waals surface area (Å²) in [6, 6.07) is 7.85. The van der Waals surface area contributed by atoms with Gasteiger partial charge in [-0.05, 0) is 32.4 Å². The van der Waals surface area contributed by atoms with Gasteiger partial charge in [-0.25, -0.2) is 4.39 Å². The minimum Gasteiger partial charge on any atom is -0.486 e. The summed E-state index contributed by atoms with van der Waals surface area (Å²) >= 11 is 0. The fourth-order valence-electron chi connectivity index (χ4n) is 2.64. The standard InChI is InChI=1S/C19H21FN4O3/c1-4-9-24-12(2)10-17(22-24)21-19(25)18-14(13(3)27-23-18)11-26-16-8-6-5-7-15(16)20/h5-8,10H,4,9,11H2,1-3H3,(H,21,22,25). The molecule has 0 fully saturated rings. The maximum absolute atomic E-state index is 13.7. The molecule has 1 amide bonds. The average Bonchev–Trinajstić information content (AvgIpc) is 3.17. The van der Waals surface area contributed by atoms with Crippen LogP contribution in [0.3, 0.4) is 0 Å². The van der Waals surface area contributed by atoms with E-state index in [2.05, 4.69) is 22.5 Å². The van der Waals surface area contributed by atoms with Crippen molar-refractivity contribution in [2.45, 2.75) is 40.3 Å². The summed E-state index contributed by atoms with van der Waals surface area (Å²) in [6.07, 6.45) is 0.940. The van der Waals surface area contributed by atoms with Gasteiger partial charge < -0.3 is 14.6 Å². The SMILES string of the molecule is CCCn1nc(NC(=O)c2noc(C)c2COc2ccccc2F)cc1C. The minimum atomic E-state index is -0.477. The van der Waals surface area contributed by atoms with Crippen molar-refractivity contribution in [3.8, 4) is 5.75 Å². The number of halogens is 1. The third kappa shape index (κ3) is 4.16. The first-order valence-electron chi connectivity index (χ1n) is 8.68. The number of carbonyl (C=O) groups excluding carboxylic acids is 1. The highest BCUT2D eigenvalue weighted by atomic mass is 19.1. The lowest BCUT2D eigenvalue weighted by Gasteiger charge is -2.07. The Morgan fingerprint density at radius 2 is 2.11 bits per heavy atom. The second kappa shape index (κ2) is 8.03. The van der Waals surface area contributed by atoms with Gasteiger partial charge in [0.2, 0.25) is 0 Å². The molecule has 2 aromatic heterocycles. The third-order valence-corrected chi connectivity index (χ3v) is 4.07. The number of aromatic nitrogens is 3. The van der Waals surface area contributed by atoms with Crippen LogP contribution in [0.5, 0.6) is 5.75 Å². The Morgan fingerprint density at radius 3 is 2.85 bits per heavy atom. The number of amides is 1. The monoisotopic (exact) mass is 372 g/mol. The van der Waals surface area contributed by atoms with Crippen molar-refractivity contribution in [1.82, 2.24) is 14.9 Å². The molecule has 8 heteroatoms. The summed E-state index contributed by atoms with van der Waals surface area (Å²) in [5.74, 6) is 0.0322. The van der Waals surface area contributed by atoms with Crippen LogP contribution in [0.4, 0.5) is 10.2 Å². The van der Waals surface area contributed by atoms with Crippen LogP contribution in [0.25, 0.3) is 0 Å². The predicted molar refractivity (Wildman–Crippen MR) is 97.2 cm³/mol. The summed E-state index contributed by atoms with van der Waals surface area (Å²) in [6.45, 7) is 6.38. The molecule has 0 radical (unpaired) electrons. The second-order valence-corrected chi connectivity index (χ2v) is 6.13. The lowest BCUT2D eigenvalue weighted by Crippen LogP contribution is -2.16. The minimum absolute atomic E-state index is 0.0394. The number of hydrogen-bond donors (Lipinski definition) is 1. The van der Waals surface area contributed by atoms with Gasteiger partial charge in [0.25, 0.3) is 5.91 Å². The number of ether oxygens (including phenoxy) is 1. The van der Waals surface area contributed by atoms with E-state index in [-0.39, 0.29) is 18.1 Å². The van der Waals surface area contributed by atoms with Gasteiger partial charge in [0, 0.05) is 18.3 Å². The Balaban J connectivity index is 1.74. The molecule has 3 aromatic rings. The van der Waals surface area contributed by atoms with E-state index in [1.807, 2.05) is 11.6 Å². The lowest BCUT2D eigenvalue weighted by molar-refractivity contribution is 0.101. The summed E-state index contributed by atoms with van der Waals surface area (Å²) in [5.41, 5.74) is 1.50. The molecule has 0 saturated carbocycles. The first-order chi connectivity index (χ1) is 13.0. The summed E-state index contributed by atoms with van der Waals surface area (Å²) in [4.78, 5) is 12.6. The van der Waals surface area contributed by atoms with E-state index in [0.29, 0.717) is 17.1 Å². The molecule has 0 bridgehead atoms. The van der Waals surface area contributed by atoms with Gasteiger partial charge in [-0.3, -0.25) is 9.48 Å². The Kier molecular flexibility index (Phi) is 5.54. The van der Waals surface area contributed by atoms with Crippen LogP contribution >= 0.6 is 0 Å². The molecule has 0 spiro atoms. The van der Waals surface area contributed by atoms with Crippen molar-refractivity contribution in [2.75, 3.05) is 5.32 Å². The smallest absolute Gasteiger partial charge is 0.279 e. The number of nitrogens with one attached hydrogen (secondary N) is 1. The van der Waals surface area contributed by atoms with E-state index in [0.717, 1.165) is 18.7 Å². The summed E-state index contributed by atoms with van der Waals surface area (Å²) in [7, 11) is 0. The normalized spacial score (nSPS) is 10.8. The second-order valence-electron chi connectivity index (χ2n) is 6.13. The van der Waals surface area contributed by atoms with Crippen molar-refractivity contribution in [1.29, 1.82) is 0 Å². The molecule has 0 aliphatic rings. The molecule has 0 unspecified atom stereocenters. The van der Waals surface area contributed by atoms with Crippen LogP contribution < -0.4 is 10.1 Å². The Labute approximate surface area is 156 Å². The molecule has 0 saturated heterocycles. The molecule has 1 N–H and O–H groups in total. The number of carbonyl (C=O) groups is 1. The maximum Gasteiger partial charge on any atom is 0.279 e. The number of rotatable bonds is 7. The highest BCUT2D eigenvalue weighted by molar-refractivity contribution is 6.03. The maximum atomic E-state index is 13.7. The zero-order valence-electron chi connectivity index (χ0n) is 15.5. The molecule has 7 nitrogen and oxygen atoms in total. The van der Waals surface area contributed by atoms with Gasteiger partial charge in [0.1, 0.15) is 12.4 Å². The molecule has 0 atom stereocenters. The number of nitrogens with zero attached hydrogens (tertiary/aromatic N) is 3. The zero-order chi connectivity index (χ0) is 19.4.